The number of nitrogens with one attached hydrogen (secondary N) is 1. The van der Waals surface area contributed by atoms with Crippen molar-refractivity contribution < 1.29 is 0 Å². The van der Waals surface area contributed by atoms with Crippen LogP contribution in [0.25, 0.3) is 0 Å². The minimum atomic E-state index is 0.705. The number of hydrogen-bond acceptors (Lipinski definition) is 1. The van der Waals surface area contributed by atoms with E-state index in [-0.39, 0.29) is 0 Å². The van der Waals surface area contributed by atoms with E-state index in [9.17, 15) is 0 Å². The molecule has 1 N–H and O–H groups in total. The van der Waals surface area contributed by atoms with Crippen LogP contribution in [0.5, 0.6) is 0 Å². The third kappa shape index (κ3) is 2.60. The SMILES string of the molecule is CC[C@@H]1CCN[C@H]1Cc1cccc(C)c1. The molecule has 1 heteroatoms. The van der Waals surface area contributed by atoms with E-state index in [1.165, 1.54) is 36.9 Å². The summed E-state index contributed by atoms with van der Waals surface area (Å²) in [7, 11) is 0. The van der Waals surface area contributed by atoms with Crippen LogP contribution in [0.4, 0.5) is 0 Å². The van der Waals surface area contributed by atoms with Gasteiger partial charge in [-0.3, -0.25) is 0 Å². The second kappa shape index (κ2) is 4.80. The van der Waals surface area contributed by atoms with Crippen molar-refractivity contribution in [1.82, 2.24) is 5.32 Å². The molecule has 0 aromatic heterocycles. The van der Waals surface area contributed by atoms with E-state index in [0.29, 0.717) is 6.04 Å². The van der Waals surface area contributed by atoms with E-state index in [1.807, 2.05) is 0 Å². The van der Waals surface area contributed by atoms with Gasteiger partial charge in [0.15, 0.2) is 0 Å². The first-order valence-electron chi connectivity index (χ1n) is 6.08. The summed E-state index contributed by atoms with van der Waals surface area (Å²) in [5, 5.41) is 3.63. The molecule has 0 aliphatic carbocycles. The van der Waals surface area contributed by atoms with Gasteiger partial charge in [0, 0.05) is 6.04 Å². The van der Waals surface area contributed by atoms with Gasteiger partial charge in [-0.1, -0.05) is 43.2 Å². The highest BCUT2D eigenvalue weighted by Crippen LogP contribution is 2.22. The summed E-state index contributed by atoms with van der Waals surface area (Å²) in [6, 6.07) is 9.60. The molecule has 1 saturated heterocycles. The second-order valence-electron chi connectivity index (χ2n) is 4.71. The first-order chi connectivity index (χ1) is 7.29. The summed E-state index contributed by atoms with van der Waals surface area (Å²) in [5.41, 5.74) is 2.85. The van der Waals surface area contributed by atoms with Crippen molar-refractivity contribution in [2.45, 2.75) is 39.2 Å². The van der Waals surface area contributed by atoms with E-state index >= 15 is 0 Å². The Morgan fingerprint density at radius 3 is 3.00 bits per heavy atom. The predicted octanol–water partition coefficient (Wildman–Crippen LogP) is 2.93. The summed E-state index contributed by atoms with van der Waals surface area (Å²) in [4.78, 5) is 0. The lowest BCUT2D eigenvalue weighted by molar-refractivity contribution is 0.433. The summed E-state index contributed by atoms with van der Waals surface area (Å²) < 4.78 is 0. The molecule has 1 aromatic carbocycles. The van der Waals surface area contributed by atoms with Crippen LogP contribution in [0.1, 0.15) is 30.9 Å². The van der Waals surface area contributed by atoms with Gasteiger partial charge >= 0.3 is 0 Å². The molecule has 82 valence electrons. The summed E-state index contributed by atoms with van der Waals surface area (Å²) in [6.07, 6.45) is 3.86. The van der Waals surface area contributed by atoms with E-state index in [2.05, 4.69) is 43.4 Å². The quantitative estimate of drug-likeness (QED) is 0.796. The fourth-order valence-corrected chi connectivity index (χ4v) is 2.64. The van der Waals surface area contributed by atoms with Crippen LogP contribution in [0.15, 0.2) is 24.3 Å². The Hall–Kier alpha value is -0.820. The molecule has 1 nitrogen and oxygen atoms in total. The third-order valence-electron chi connectivity index (χ3n) is 3.55. The molecule has 1 aliphatic heterocycles. The largest absolute Gasteiger partial charge is 0.313 e. The summed E-state index contributed by atoms with van der Waals surface area (Å²) in [5.74, 6) is 0.880. The van der Waals surface area contributed by atoms with Gasteiger partial charge in [0.1, 0.15) is 0 Å². The van der Waals surface area contributed by atoms with Crippen molar-refractivity contribution in [3.63, 3.8) is 0 Å². The van der Waals surface area contributed by atoms with Gasteiger partial charge in [0.05, 0.1) is 0 Å². The zero-order valence-electron chi connectivity index (χ0n) is 9.79. The predicted molar refractivity (Wildman–Crippen MR) is 65.1 cm³/mol. The lowest BCUT2D eigenvalue weighted by Gasteiger charge is -2.18. The Labute approximate surface area is 92.9 Å². The minimum absolute atomic E-state index is 0.705. The molecular weight excluding hydrogens is 182 g/mol. The first kappa shape index (κ1) is 10.7. The molecule has 15 heavy (non-hydrogen) atoms. The number of hydrogen-bond donors (Lipinski definition) is 1. The highest BCUT2D eigenvalue weighted by Gasteiger charge is 2.24. The standard InChI is InChI=1S/C14H21N/c1-3-13-7-8-15-14(13)10-12-6-4-5-11(2)9-12/h4-6,9,13-15H,3,7-8,10H2,1-2H3/t13-,14+/m1/s1. The van der Waals surface area contributed by atoms with Gasteiger partial charge in [-0.05, 0) is 37.8 Å². The minimum Gasteiger partial charge on any atom is -0.313 e. The Morgan fingerprint density at radius 1 is 1.40 bits per heavy atom. The van der Waals surface area contributed by atoms with Crippen molar-refractivity contribution >= 4 is 0 Å². The summed E-state index contributed by atoms with van der Waals surface area (Å²) >= 11 is 0. The molecule has 1 fully saturated rings. The molecule has 1 aliphatic rings. The number of aryl methyl sites for hydroxylation is 1. The van der Waals surface area contributed by atoms with Gasteiger partial charge in [0.25, 0.3) is 0 Å². The Kier molecular flexibility index (Phi) is 3.42. The highest BCUT2D eigenvalue weighted by molar-refractivity contribution is 5.23. The van der Waals surface area contributed by atoms with Crippen molar-refractivity contribution in [2.75, 3.05) is 6.54 Å². The molecule has 0 spiro atoms. The van der Waals surface area contributed by atoms with Crippen molar-refractivity contribution in [1.29, 1.82) is 0 Å². The fraction of sp³-hybridized carbons (Fsp3) is 0.571. The molecular formula is C14H21N. The van der Waals surface area contributed by atoms with E-state index < -0.39 is 0 Å². The zero-order chi connectivity index (χ0) is 10.7. The molecule has 0 radical (unpaired) electrons. The van der Waals surface area contributed by atoms with Crippen LogP contribution >= 0.6 is 0 Å². The van der Waals surface area contributed by atoms with E-state index in [4.69, 9.17) is 0 Å². The smallest absolute Gasteiger partial charge is 0.0136 e. The normalized spacial score (nSPS) is 25.7. The van der Waals surface area contributed by atoms with Gasteiger partial charge in [0.2, 0.25) is 0 Å². The van der Waals surface area contributed by atoms with Crippen LogP contribution in [-0.2, 0) is 6.42 Å². The lowest BCUT2D eigenvalue weighted by Crippen LogP contribution is -2.29. The Morgan fingerprint density at radius 2 is 2.27 bits per heavy atom. The molecule has 2 rings (SSSR count). The molecule has 0 saturated carbocycles. The van der Waals surface area contributed by atoms with Crippen molar-refractivity contribution in [2.24, 2.45) is 5.92 Å². The lowest BCUT2D eigenvalue weighted by atomic mass is 9.92. The fourth-order valence-electron chi connectivity index (χ4n) is 2.64. The van der Waals surface area contributed by atoms with Gasteiger partial charge in [-0.2, -0.15) is 0 Å². The first-order valence-corrected chi connectivity index (χ1v) is 6.08. The maximum Gasteiger partial charge on any atom is 0.0136 e. The molecule has 1 aromatic rings. The van der Waals surface area contributed by atoms with E-state index in [0.717, 1.165) is 5.92 Å². The van der Waals surface area contributed by atoms with Gasteiger partial charge in [-0.25, -0.2) is 0 Å². The van der Waals surface area contributed by atoms with Gasteiger partial charge in [-0.15, -0.1) is 0 Å². The van der Waals surface area contributed by atoms with Crippen LogP contribution in [0, 0.1) is 12.8 Å². The average Bonchev–Trinajstić information content (AvgIpc) is 2.65. The van der Waals surface area contributed by atoms with Crippen LogP contribution < -0.4 is 5.32 Å². The highest BCUT2D eigenvalue weighted by atomic mass is 14.9. The molecule has 0 amide bonds. The molecule has 0 unspecified atom stereocenters. The maximum absolute atomic E-state index is 3.63. The second-order valence-corrected chi connectivity index (χ2v) is 4.71. The maximum atomic E-state index is 3.63. The van der Waals surface area contributed by atoms with Crippen molar-refractivity contribution in [3.8, 4) is 0 Å². The monoisotopic (exact) mass is 203 g/mol. The van der Waals surface area contributed by atoms with Crippen LogP contribution in [-0.4, -0.2) is 12.6 Å². The number of benzene rings is 1. The van der Waals surface area contributed by atoms with Crippen LogP contribution in [0.3, 0.4) is 0 Å². The number of rotatable bonds is 3. The Bertz CT molecular complexity index is 319. The van der Waals surface area contributed by atoms with Crippen molar-refractivity contribution in [3.05, 3.63) is 35.4 Å². The average molecular weight is 203 g/mol. The molecule has 1 heterocycles. The van der Waals surface area contributed by atoms with Gasteiger partial charge < -0.3 is 5.32 Å². The van der Waals surface area contributed by atoms with Crippen LogP contribution in [0.2, 0.25) is 0 Å². The Balaban J connectivity index is 2.02. The zero-order valence-corrected chi connectivity index (χ0v) is 9.79. The molecule has 0 bridgehead atoms. The third-order valence-corrected chi connectivity index (χ3v) is 3.55. The topological polar surface area (TPSA) is 12.0 Å². The summed E-state index contributed by atoms with van der Waals surface area (Å²) in [6.45, 7) is 5.68. The molecule has 2 atom stereocenters. The van der Waals surface area contributed by atoms with E-state index in [1.54, 1.807) is 0 Å².